The molecule has 5 heteroatoms. The van der Waals surface area contributed by atoms with Crippen LogP contribution >= 0.6 is 11.6 Å². The van der Waals surface area contributed by atoms with Gasteiger partial charge in [0.05, 0.1) is 16.8 Å². The Morgan fingerprint density at radius 1 is 1.18 bits per heavy atom. The van der Waals surface area contributed by atoms with E-state index >= 15 is 0 Å². The van der Waals surface area contributed by atoms with Crippen molar-refractivity contribution in [2.75, 3.05) is 5.32 Å². The second-order valence-electron chi connectivity index (χ2n) is 5.11. The van der Waals surface area contributed by atoms with Crippen LogP contribution in [0, 0.1) is 13.8 Å². The summed E-state index contributed by atoms with van der Waals surface area (Å²) in [7, 11) is 0. The first-order chi connectivity index (χ1) is 10.5. The van der Waals surface area contributed by atoms with Crippen molar-refractivity contribution in [3.8, 4) is 0 Å². The van der Waals surface area contributed by atoms with E-state index in [1.165, 1.54) is 0 Å². The van der Waals surface area contributed by atoms with Crippen molar-refractivity contribution in [3.63, 3.8) is 0 Å². The fraction of sp³-hybridized carbons (Fsp3) is 0.118. The fourth-order valence-corrected chi connectivity index (χ4v) is 2.39. The van der Waals surface area contributed by atoms with Gasteiger partial charge in [-0.1, -0.05) is 17.7 Å². The van der Waals surface area contributed by atoms with Crippen molar-refractivity contribution in [3.05, 3.63) is 64.6 Å². The highest BCUT2D eigenvalue weighted by Crippen LogP contribution is 2.21. The molecule has 3 rings (SSSR count). The molecule has 0 aliphatic carbocycles. The maximum Gasteiger partial charge on any atom is 0.257 e. The number of anilines is 1. The molecule has 0 aliphatic heterocycles. The molecule has 1 aromatic carbocycles. The van der Waals surface area contributed by atoms with Crippen molar-refractivity contribution in [2.24, 2.45) is 0 Å². The Balaban J connectivity index is 1.94. The molecule has 1 amide bonds. The number of aromatic nitrogens is 2. The molecule has 0 unspecified atom stereocenters. The third-order valence-corrected chi connectivity index (χ3v) is 3.89. The van der Waals surface area contributed by atoms with Crippen molar-refractivity contribution in [1.29, 1.82) is 0 Å². The predicted octanol–water partition coefficient (Wildman–Crippen LogP) is 4.15. The largest absolute Gasteiger partial charge is 0.322 e. The monoisotopic (exact) mass is 311 g/mol. The van der Waals surface area contributed by atoms with Crippen LogP contribution in [0.3, 0.4) is 0 Å². The van der Waals surface area contributed by atoms with Gasteiger partial charge in [-0.3, -0.25) is 14.8 Å². The molecule has 0 fully saturated rings. The molecular formula is C17H14ClN3O. The van der Waals surface area contributed by atoms with E-state index in [0.717, 1.165) is 16.5 Å². The van der Waals surface area contributed by atoms with Gasteiger partial charge in [-0.2, -0.15) is 0 Å². The average Bonchev–Trinajstić information content (AvgIpc) is 2.50. The number of hydrogen-bond donors (Lipinski definition) is 1. The lowest BCUT2D eigenvalue weighted by Gasteiger charge is -2.09. The van der Waals surface area contributed by atoms with E-state index in [0.29, 0.717) is 22.0 Å². The summed E-state index contributed by atoms with van der Waals surface area (Å²) in [5.74, 6) is -0.212. The minimum Gasteiger partial charge on any atom is -0.322 e. The molecule has 3 aromatic rings. The van der Waals surface area contributed by atoms with E-state index in [2.05, 4.69) is 15.3 Å². The number of hydrogen-bond acceptors (Lipinski definition) is 3. The zero-order chi connectivity index (χ0) is 15.7. The van der Waals surface area contributed by atoms with Crippen molar-refractivity contribution in [1.82, 2.24) is 9.97 Å². The van der Waals surface area contributed by atoms with Gasteiger partial charge in [0.2, 0.25) is 0 Å². The summed E-state index contributed by atoms with van der Waals surface area (Å²) in [6, 6.07) is 9.05. The van der Waals surface area contributed by atoms with Crippen LogP contribution in [0.15, 0.2) is 42.7 Å². The number of aryl methyl sites for hydroxylation is 2. The Labute approximate surface area is 133 Å². The van der Waals surface area contributed by atoms with Crippen LogP contribution in [0.2, 0.25) is 5.02 Å². The Hall–Kier alpha value is -2.46. The number of halogens is 1. The Bertz CT molecular complexity index is 877. The molecule has 1 N–H and O–H groups in total. The normalized spacial score (nSPS) is 10.7. The Kier molecular flexibility index (Phi) is 3.77. The molecule has 2 heterocycles. The van der Waals surface area contributed by atoms with Gasteiger partial charge >= 0.3 is 0 Å². The summed E-state index contributed by atoms with van der Waals surface area (Å²) in [6.07, 6.45) is 3.38. The zero-order valence-electron chi connectivity index (χ0n) is 12.2. The molecule has 0 saturated carbocycles. The van der Waals surface area contributed by atoms with Crippen molar-refractivity contribution < 1.29 is 4.79 Å². The number of benzene rings is 1. The number of fused-ring (bicyclic) bond motifs is 1. The molecule has 22 heavy (non-hydrogen) atoms. The quantitative estimate of drug-likeness (QED) is 0.773. The molecular weight excluding hydrogens is 298 g/mol. The summed E-state index contributed by atoms with van der Waals surface area (Å²) in [4.78, 5) is 21.0. The van der Waals surface area contributed by atoms with Gasteiger partial charge in [0.1, 0.15) is 0 Å². The van der Waals surface area contributed by atoms with Crippen LogP contribution in [-0.2, 0) is 0 Å². The number of rotatable bonds is 2. The molecule has 0 radical (unpaired) electrons. The third-order valence-electron chi connectivity index (χ3n) is 3.48. The first-order valence-electron chi connectivity index (χ1n) is 6.83. The van der Waals surface area contributed by atoms with Crippen LogP contribution in [0.4, 0.5) is 5.69 Å². The van der Waals surface area contributed by atoms with Crippen LogP contribution < -0.4 is 5.32 Å². The molecule has 2 aromatic heterocycles. The molecule has 0 aliphatic rings. The predicted molar refractivity (Wildman–Crippen MR) is 88.4 cm³/mol. The van der Waals surface area contributed by atoms with E-state index in [-0.39, 0.29) is 5.91 Å². The van der Waals surface area contributed by atoms with Crippen LogP contribution in [0.25, 0.3) is 10.9 Å². The standard InChI is InChI=1S/C17H14ClN3O/c1-10-3-4-13(8-15(10)18)21-17(22)14-7-12-9-19-6-5-16(12)20-11(14)2/h3-9H,1-2H3,(H,21,22). The van der Waals surface area contributed by atoms with Crippen molar-refractivity contribution in [2.45, 2.75) is 13.8 Å². The third kappa shape index (κ3) is 2.78. The molecule has 0 atom stereocenters. The molecule has 4 nitrogen and oxygen atoms in total. The van der Waals surface area contributed by atoms with Gasteiger partial charge in [-0.15, -0.1) is 0 Å². The number of nitrogens with zero attached hydrogens (tertiary/aromatic N) is 2. The maximum absolute atomic E-state index is 12.5. The number of pyridine rings is 2. The second kappa shape index (κ2) is 5.73. The van der Waals surface area contributed by atoms with E-state index in [9.17, 15) is 4.79 Å². The van der Waals surface area contributed by atoms with E-state index in [1.54, 1.807) is 24.5 Å². The molecule has 0 bridgehead atoms. The first kappa shape index (κ1) is 14.5. The van der Waals surface area contributed by atoms with Crippen LogP contribution in [0.5, 0.6) is 0 Å². The minimum absolute atomic E-state index is 0.212. The lowest BCUT2D eigenvalue weighted by atomic mass is 10.1. The zero-order valence-corrected chi connectivity index (χ0v) is 13.0. The number of carbonyl (C=O) groups excluding carboxylic acids is 1. The SMILES string of the molecule is Cc1ccc(NC(=O)c2cc3cnccc3nc2C)cc1Cl. The summed E-state index contributed by atoms with van der Waals surface area (Å²) >= 11 is 6.08. The summed E-state index contributed by atoms with van der Waals surface area (Å²) in [6.45, 7) is 3.73. The fourth-order valence-electron chi connectivity index (χ4n) is 2.21. The number of nitrogens with one attached hydrogen (secondary N) is 1. The average molecular weight is 312 g/mol. The second-order valence-corrected chi connectivity index (χ2v) is 5.52. The van der Waals surface area contributed by atoms with E-state index < -0.39 is 0 Å². The van der Waals surface area contributed by atoms with Gasteiger partial charge in [0.15, 0.2) is 0 Å². The molecule has 110 valence electrons. The summed E-state index contributed by atoms with van der Waals surface area (Å²) in [5, 5.41) is 4.30. The van der Waals surface area contributed by atoms with Crippen LogP contribution in [-0.4, -0.2) is 15.9 Å². The topological polar surface area (TPSA) is 54.9 Å². The van der Waals surface area contributed by atoms with Gasteiger partial charge in [0.25, 0.3) is 5.91 Å². The Morgan fingerprint density at radius 2 is 2.00 bits per heavy atom. The highest BCUT2D eigenvalue weighted by Gasteiger charge is 2.12. The van der Waals surface area contributed by atoms with E-state index in [1.807, 2.05) is 32.0 Å². The maximum atomic E-state index is 12.5. The van der Waals surface area contributed by atoms with Crippen LogP contribution in [0.1, 0.15) is 21.6 Å². The lowest BCUT2D eigenvalue weighted by Crippen LogP contribution is -2.14. The minimum atomic E-state index is -0.212. The lowest BCUT2D eigenvalue weighted by molar-refractivity contribution is 0.102. The van der Waals surface area contributed by atoms with Gasteiger partial charge in [0, 0.05) is 28.5 Å². The summed E-state index contributed by atoms with van der Waals surface area (Å²) < 4.78 is 0. The number of amides is 1. The van der Waals surface area contributed by atoms with Gasteiger partial charge < -0.3 is 5.32 Å². The highest BCUT2D eigenvalue weighted by molar-refractivity contribution is 6.31. The highest BCUT2D eigenvalue weighted by atomic mass is 35.5. The van der Waals surface area contributed by atoms with E-state index in [4.69, 9.17) is 11.6 Å². The summed E-state index contributed by atoms with van der Waals surface area (Å²) in [5.41, 5.74) is 3.65. The number of carbonyl (C=O) groups is 1. The van der Waals surface area contributed by atoms with Crippen molar-refractivity contribution >= 4 is 34.1 Å². The molecule has 0 spiro atoms. The first-order valence-corrected chi connectivity index (χ1v) is 7.21. The van der Waals surface area contributed by atoms with Gasteiger partial charge in [-0.25, -0.2) is 0 Å². The molecule has 0 saturated heterocycles. The Morgan fingerprint density at radius 3 is 2.77 bits per heavy atom. The van der Waals surface area contributed by atoms with Gasteiger partial charge in [-0.05, 0) is 43.7 Å². The smallest absolute Gasteiger partial charge is 0.257 e.